The van der Waals surface area contributed by atoms with Crippen LogP contribution in [-0.4, -0.2) is 37.2 Å². The van der Waals surface area contributed by atoms with Gasteiger partial charge in [0.05, 0.1) is 19.8 Å². The normalized spacial score (nSPS) is 13.3. The molecule has 2 aromatic rings. The first kappa shape index (κ1) is 17.8. The maximum Gasteiger partial charge on any atom is 0.313 e. The van der Waals surface area contributed by atoms with Crippen LogP contribution < -0.4 is 20.1 Å². The van der Waals surface area contributed by atoms with E-state index in [1.54, 1.807) is 43.5 Å². The number of carbonyl (C=O) groups excluding carboxylic acids is 2. The van der Waals surface area contributed by atoms with Crippen LogP contribution in [0.3, 0.4) is 0 Å². The highest BCUT2D eigenvalue weighted by atomic mass is 16.5. The number of benzene rings is 2. The van der Waals surface area contributed by atoms with E-state index in [9.17, 15) is 14.7 Å². The zero-order valence-corrected chi connectivity index (χ0v) is 14.3. The summed E-state index contributed by atoms with van der Waals surface area (Å²) in [4.78, 5) is 23.8. The van der Waals surface area contributed by atoms with Crippen LogP contribution in [0.4, 0.5) is 5.69 Å². The highest BCUT2D eigenvalue weighted by Crippen LogP contribution is 2.28. The molecule has 0 radical (unpaired) electrons. The molecule has 0 aromatic heterocycles. The molecule has 0 saturated heterocycles. The van der Waals surface area contributed by atoms with Gasteiger partial charge in [0.1, 0.15) is 11.5 Å². The molecule has 1 aliphatic heterocycles. The molecule has 1 heterocycles. The van der Waals surface area contributed by atoms with Crippen LogP contribution in [-0.2, 0) is 16.0 Å². The monoisotopic (exact) mass is 356 g/mol. The van der Waals surface area contributed by atoms with Crippen molar-refractivity contribution < 1.29 is 24.2 Å². The summed E-state index contributed by atoms with van der Waals surface area (Å²) in [7, 11) is 1.54. The van der Waals surface area contributed by atoms with Gasteiger partial charge in [-0.2, -0.15) is 0 Å². The Morgan fingerprint density at radius 3 is 2.69 bits per heavy atom. The van der Waals surface area contributed by atoms with Gasteiger partial charge in [0.25, 0.3) is 0 Å². The third kappa shape index (κ3) is 4.12. The predicted octanol–water partition coefficient (Wildman–Crippen LogP) is 1.42. The van der Waals surface area contributed by atoms with Gasteiger partial charge < -0.3 is 25.2 Å². The van der Waals surface area contributed by atoms with Gasteiger partial charge in [-0.25, -0.2) is 0 Å². The van der Waals surface area contributed by atoms with Gasteiger partial charge in [0.2, 0.25) is 0 Å². The highest BCUT2D eigenvalue weighted by Gasteiger charge is 2.18. The average Bonchev–Trinajstić information content (AvgIpc) is 3.14. The molecule has 3 rings (SSSR count). The van der Waals surface area contributed by atoms with Crippen molar-refractivity contribution in [1.29, 1.82) is 0 Å². The van der Waals surface area contributed by atoms with Crippen LogP contribution >= 0.6 is 0 Å². The largest absolute Gasteiger partial charge is 0.497 e. The lowest BCUT2D eigenvalue weighted by atomic mass is 10.0. The van der Waals surface area contributed by atoms with Crippen LogP contribution in [0.5, 0.6) is 11.5 Å². The summed E-state index contributed by atoms with van der Waals surface area (Å²) in [6.45, 7) is 0.575. The fraction of sp³-hybridized carbons (Fsp3) is 0.263. The number of amides is 2. The van der Waals surface area contributed by atoms with Gasteiger partial charge in [0, 0.05) is 18.7 Å². The van der Waals surface area contributed by atoms with Crippen molar-refractivity contribution in [1.82, 2.24) is 5.32 Å². The average molecular weight is 356 g/mol. The number of hydrogen-bond acceptors (Lipinski definition) is 5. The molecule has 1 aliphatic rings. The minimum atomic E-state index is -0.904. The van der Waals surface area contributed by atoms with Crippen molar-refractivity contribution in [2.24, 2.45) is 0 Å². The summed E-state index contributed by atoms with van der Waals surface area (Å²) in [5, 5.41) is 15.1. The summed E-state index contributed by atoms with van der Waals surface area (Å²) in [5.74, 6) is -0.145. The summed E-state index contributed by atoms with van der Waals surface area (Å²) in [6, 6.07) is 12.0. The Labute approximate surface area is 150 Å². The van der Waals surface area contributed by atoms with Crippen LogP contribution in [0.15, 0.2) is 42.5 Å². The lowest BCUT2D eigenvalue weighted by molar-refractivity contribution is -0.136. The molecule has 0 fully saturated rings. The van der Waals surface area contributed by atoms with E-state index in [0.29, 0.717) is 23.6 Å². The number of aliphatic hydroxyl groups excluding tert-OH is 1. The Morgan fingerprint density at radius 2 is 1.96 bits per heavy atom. The first-order chi connectivity index (χ1) is 12.6. The minimum Gasteiger partial charge on any atom is -0.497 e. The number of fused-ring (bicyclic) bond motifs is 1. The molecule has 7 heteroatoms. The van der Waals surface area contributed by atoms with Crippen LogP contribution in [0.1, 0.15) is 17.2 Å². The van der Waals surface area contributed by atoms with E-state index in [0.717, 1.165) is 17.7 Å². The maximum absolute atomic E-state index is 11.9. The second kappa shape index (κ2) is 7.88. The van der Waals surface area contributed by atoms with Crippen molar-refractivity contribution in [3.8, 4) is 11.5 Å². The molecule has 0 spiro atoms. The Balaban J connectivity index is 1.51. The molecule has 3 N–H and O–H groups in total. The van der Waals surface area contributed by atoms with Crippen molar-refractivity contribution in [3.63, 3.8) is 0 Å². The van der Waals surface area contributed by atoms with E-state index < -0.39 is 17.9 Å². The SMILES string of the molecule is COc1ccc(NC(=O)C(=O)NCC(O)c2ccc3c(c2)CCO3)cc1. The fourth-order valence-corrected chi connectivity index (χ4v) is 2.66. The Hall–Kier alpha value is -3.06. The van der Waals surface area contributed by atoms with E-state index in [1.165, 1.54) is 0 Å². The molecule has 0 saturated carbocycles. The smallest absolute Gasteiger partial charge is 0.313 e. The van der Waals surface area contributed by atoms with Gasteiger partial charge in [-0.3, -0.25) is 9.59 Å². The first-order valence-corrected chi connectivity index (χ1v) is 8.24. The van der Waals surface area contributed by atoms with E-state index in [-0.39, 0.29) is 6.54 Å². The third-order valence-electron chi connectivity index (χ3n) is 4.11. The maximum atomic E-state index is 11.9. The van der Waals surface area contributed by atoms with Gasteiger partial charge in [-0.15, -0.1) is 0 Å². The zero-order chi connectivity index (χ0) is 18.5. The van der Waals surface area contributed by atoms with Gasteiger partial charge in [0.15, 0.2) is 0 Å². The number of aliphatic hydroxyl groups is 1. The van der Waals surface area contributed by atoms with Crippen molar-refractivity contribution in [2.75, 3.05) is 25.6 Å². The molecule has 2 amide bonds. The number of methoxy groups -OCH3 is 1. The number of hydrogen-bond donors (Lipinski definition) is 3. The van der Waals surface area contributed by atoms with Gasteiger partial charge in [-0.1, -0.05) is 6.07 Å². The molecule has 26 heavy (non-hydrogen) atoms. The third-order valence-corrected chi connectivity index (χ3v) is 4.11. The Kier molecular flexibility index (Phi) is 5.38. The second-order valence-electron chi connectivity index (χ2n) is 5.87. The Bertz CT molecular complexity index is 804. The molecule has 136 valence electrons. The van der Waals surface area contributed by atoms with E-state index >= 15 is 0 Å². The minimum absolute atomic E-state index is 0.0610. The molecule has 1 atom stereocenters. The number of anilines is 1. The molecule has 0 aliphatic carbocycles. The van der Waals surface area contributed by atoms with E-state index in [4.69, 9.17) is 9.47 Å². The summed E-state index contributed by atoms with van der Waals surface area (Å²) in [5.41, 5.74) is 2.18. The molecular formula is C19H20N2O5. The topological polar surface area (TPSA) is 96.9 Å². The Morgan fingerprint density at radius 1 is 1.19 bits per heavy atom. The molecular weight excluding hydrogens is 336 g/mol. The van der Waals surface area contributed by atoms with Crippen molar-refractivity contribution in [2.45, 2.75) is 12.5 Å². The summed E-state index contributed by atoms with van der Waals surface area (Å²) < 4.78 is 10.5. The van der Waals surface area contributed by atoms with E-state index in [1.807, 2.05) is 6.07 Å². The van der Waals surface area contributed by atoms with Crippen LogP contribution in [0.2, 0.25) is 0 Å². The first-order valence-electron chi connectivity index (χ1n) is 8.24. The van der Waals surface area contributed by atoms with E-state index in [2.05, 4.69) is 10.6 Å². The second-order valence-corrected chi connectivity index (χ2v) is 5.87. The molecule has 2 aromatic carbocycles. The fourth-order valence-electron chi connectivity index (χ4n) is 2.66. The lowest BCUT2D eigenvalue weighted by Gasteiger charge is -2.13. The summed E-state index contributed by atoms with van der Waals surface area (Å²) >= 11 is 0. The van der Waals surface area contributed by atoms with Gasteiger partial charge in [-0.05, 0) is 47.5 Å². The van der Waals surface area contributed by atoms with Gasteiger partial charge >= 0.3 is 11.8 Å². The zero-order valence-electron chi connectivity index (χ0n) is 14.3. The molecule has 1 unspecified atom stereocenters. The molecule has 7 nitrogen and oxygen atoms in total. The lowest BCUT2D eigenvalue weighted by Crippen LogP contribution is -2.37. The quantitative estimate of drug-likeness (QED) is 0.704. The predicted molar refractivity (Wildman–Crippen MR) is 95.2 cm³/mol. The van der Waals surface area contributed by atoms with Crippen molar-refractivity contribution in [3.05, 3.63) is 53.6 Å². The number of ether oxygens (including phenoxy) is 2. The van der Waals surface area contributed by atoms with Crippen molar-refractivity contribution >= 4 is 17.5 Å². The number of carbonyl (C=O) groups is 2. The van der Waals surface area contributed by atoms with Crippen LogP contribution in [0.25, 0.3) is 0 Å². The molecule has 0 bridgehead atoms. The number of nitrogens with one attached hydrogen (secondary N) is 2. The summed E-state index contributed by atoms with van der Waals surface area (Å²) in [6.07, 6.45) is -0.106. The number of rotatable bonds is 5. The highest BCUT2D eigenvalue weighted by molar-refractivity contribution is 6.39. The van der Waals surface area contributed by atoms with Crippen LogP contribution in [0, 0.1) is 0 Å². The standard InChI is InChI=1S/C19H20N2O5/c1-25-15-5-3-14(4-6-15)21-19(24)18(23)20-11-16(22)12-2-7-17-13(10-12)8-9-26-17/h2-7,10,16,22H,8-9,11H2,1H3,(H,20,23)(H,21,24).